The minimum atomic E-state index is -0.885. The molecule has 140 valence electrons. The number of aromatic nitrogens is 3. The van der Waals surface area contributed by atoms with Crippen molar-refractivity contribution in [2.24, 2.45) is 12.8 Å². The molecule has 0 bridgehead atoms. The lowest BCUT2D eigenvalue weighted by atomic mass is 10.00. The van der Waals surface area contributed by atoms with Crippen LogP contribution in [-0.2, 0) is 19.9 Å². The summed E-state index contributed by atoms with van der Waals surface area (Å²) in [6.07, 6.45) is 4.15. The van der Waals surface area contributed by atoms with E-state index >= 15 is 0 Å². The van der Waals surface area contributed by atoms with Gasteiger partial charge in [-0.05, 0) is 36.6 Å². The van der Waals surface area contributed by atoms with Crippen LogP contribution in [0.1, 0.15) is 11.3 Å². The fraction of sp³-hybridized carbons (Fsp3) is 0.211. The molecule has 0 aliphatic rings. The van der Waals surface area contributed by atoms with Crippen LogP contribution in [0, 0.1) is 0 Å². The van der Waals surface area contributed by atoms with Crippen LogP contribution < -0.4 is 20.9 Å². The monoisotopic (exact) mass is 367 g/mol. The standard InChI is InChI=1S/C19H21N5O3/c1-24-11-13(10-22-24)15-8-12(9-16(20)18(15)26-2)6-7-14-4-3-5-17(23-14)27-19(21)25/h3-5,8-11H,6-7,20H2,1-2H3,(H2,21,25). The molecule has 4 N–H and O–H groups in total. The van der Waals surface area contributed by atoms with Crippen molar-refractivity contribution in [3.63, 3.8) is 0 Å². The normalized spacial score (nSPS) is 10.6. The molecule has 3 aromatic rings. The number of anilines is 1. The molecule has 0 spiro atoms. The second kappa shape index (κ2) is 7.77. The van der Waals surface area contributed by atoms with Gasteiger partial charge in [0, 0.05) is 36.1 Å². The highest BCUT2D eigenvalue weighted by Crippen LogP contribution is 2.36. The van der Waals surface area contributed by atoms with Crippen LogP contribution >= 0.6 is 0 Å². The maximum atomic E-state index is 10.9. The number of amides is 1. The zero-order valence-corrected chi connectivity index (χ0v) is 15.2. The third-order valence-electron chi connectivity index (χ3n) is 4.05. The van der Waals surface area contributed by atoms with Crippen LogP contribution in [-0.4, -0.2) is 28.0 Å². The van der Waals surface area contributed by atoms with Gasteiger partial charge in [0.25, 0.3) is 0 Å². The number of primary amides is 1. The Morgan fingerprint density at radius 1 is 1.26 bits per heavy atom. The van der Waals surface area contributed by atoms with Crippen molar-refractivity contribution in [1.82, 2.24) is 14.8 Å². The minimum absolute atomic E-state index is 0.185. The van der Waals surface area contributed by atoms with Gasteiger partial charge < -0.3 is 20.9 Å². The number of nitrogens with zero attached hydrogens (tertiary/aromatic N) is 3. The SMILES string of the molecule is COc1c(N)cc(CCc2cccc(OC(N)=O)n2)cc1-c1cnn(C)c1. The van der Waals surface area contributed by atoms with Gasteiger partial charge >= 0.3 is 6.09 Å². The fourth-order valence-electron chi connectivity index (χ4n) is 2.89. The van der Waals surface area contributed by atoms with E-state index in [1.165, 1.54) is 0 Å². The van der Waals surface area contributed by atoms with Crippen LogP contribution in [0.4, 0.5) is 10.5 Å². The molecule has 1 aromatic carbocycles. The smallest absolute Gasteiger partial charge is 0.411 e. The van der Waals surface area contributed by atoms with Gasteiger partial charge in [0.05, 0.1) is 19.0 Å². The molecule has 27 heavy (non-hydrogen) atoms. The topological polar surface area (TPSA) is 118 Å². The van der Waals surface area contributed by atoms with Gasteiger partial charge in [0.15, 0.2) is 0 Å². The molecule has 0 aliphatic carbocycles. The molecule has 0 fully saturated rings. The Hall–Kier alpha value is -3.55. The molecular weight excluding hydrogens is 346 g/mol. The summed E-state index contributed by atoms with van der Waals surface area (Å²) in [4.78, 5) is 15.1. The molecule has 2 heterocycles. The van der Waals surface area contributed by atoms with E-state index in [4.69, 9.17) is 20.9 Å². The molecule has 2 aromatic heterocycles. The average Bonchev–Trinajstić information content (AvgIpc) is 3.05. The molecule has 8 heteroatoms. The number of hydrogen-bond donors (Lipinski definition) is 2. The summed E-state index contributed by atoms with van der Waals surface area (Å²) < 4.78 is 12.0. The highest BCUT2D eigenvalue weighted by molar-refractivity contribution is 5.77. The van der Waals surface area contributed by atoms with Crippen LogP contribution in [0.2, 0.25) is 0 Å². The Bertz CT molecular complexity index is 968. The van der Waals surface area contributed by atoms with Crippen molar-refractivity contribution in [3.05, 3.63) is 54.0 Å². The molecule has 0 unspecified atom stereocenters. The second-order valence-corrected chi connectivity index (χ2v) is 6.06. The van der Waals surface area contributed by atoms with E-state index in [0.29, 0.717) is 24.3 Å². The Balaban J connectivity index is 1.83. The van der Waals surface area contributed by atoms with E-state index in [9.17, 15) is 4.79 Å². The van der Waals surface area contributed by atoms with Crippen molar-refractivity contribution in [2.45, 2.75) is 12.8 Å². The van der Waals surface area contributed by atoms with Gasteiger partial charge in [0.2, 0.25) is 5.88 Å². The largest absolute Gasteiger partial charge is 0.494 e. The first kappa shape index (κ1) is 18.2. The van der Waals surface area contributed by atoms with Gasteiger partial charge in [-0.15, -0.1) is 0 Å². The summed E-state index contributed by atoms with van der Waals surface area (Å²) in [7, 11) is 3.45. The number of aryl methyl sites for hydroxylation is 3. The third kappa shape index (κ3) is 4.35. The van der Waals surface area contributed by atoms with Gasteiger partial charge in [0.1, 0.15) is 5.75 Å². The molecule has 0 saturated heterocycles. The molecule has 0 saturated carbocycles. The predicted molar refractivity (Wildman–Crippen MR) is 101 cm³/mol. The lowest BCUT2D eigenvalue weighted by Crippen LogP contribution is -2.17. The summed E-state index contributed by atoms with van der Waals surface area (Å²) in [6, 6.07) is 9.14. The lowest BCUT2D eigenvalue weighted by Gasteiger charge is -2.13. The molecular formula is C19H21N5O3. The number of pyridine rings is 1. The first-order valence-corrected chi connectivity index (χ1v) is 8.35. The second-order valence-electron chi connectivity index (χ2n) is 6.06. The van der Waals surface area contributed by atoms with Crippen molar-refractivity contribution in [2.75, 3.05) is 12.8 Å². The maximum Gasteiger partial charge on any atom is 0.411 e. The number of methoxy groups -OCH3 is 1. The summed E-state index contributed by atoms with van der Waals surface area (Å²) in [6.45, 7) is 0. The first-order valence-electron chi connectivity index (χ1n) is 8.35. The third-order valence-corrected chi connectivity index (χ3v) is 4.05. The summed E-state index contributed by atoms with van der Waals surface area (Å²) in [5, 5.41) is 4.21. The molecule has 0 radical (unpaired) electrons. The summed E-state index contributed by atoms with van der Waals surface area (Å²) in [5.74, 6) is 0.812. The Kier molecular flexibility index (Phi) is 5.25. The number of nitrogens with two attached hydrogens (primary N) is 2. The van der Waals surface area contributed by atoms with Crippen molar-refractivity contribution in [1.29, 1.82) is 0 Å². The molecule has 0 aliphatic heterocycles. The summed E-state index contributed by atoms with van der Waals surface area (Å²) >= 11 is 0. The fourth-order valence-corrected chi connectivity index (χ4v) is 2.89. The number of carbonyl (C=O) groups excluding carboxylic acids is 1. The Labute approximate surface area is 156 Å². The van der Waals surface area contributed by atoms with E-state index in [-0.39, 0.29) is 5.88 Å². The van der Waals surface area contributed by atoms with E-state index in [0.717, 1.165) is 22.4 Å². The van der Waals surface area contributed by atoms with Gasteiger partial charge in [-0.1, -0.05) is 6.07 Å². The van der Waals surface area contributed by atoms with Crippen molar-refractivity contribution >= 4 is 11.8 Å². The Morgan fingerprint density at radius 2 is 2.07 bits per heavy atom. The highest BCUT2D eigenvalue weighted by Gasteiger charge is 2.13. The van der Waals surface area contributed by atoms with Gasteiger partial charge in [-0.2, -0.15) is 5.10 Å². The van der Waals surface area contributed by atoms with Crippen molar-refractivity contribution in [3.8, 4) is 22.8 Å². The molecule has 3 rings (SSSR count). The number of ether oxygens (including phenoxy) is 2. The quantitative estimate of drug-likeness (QED) is 0.646. The molecule has 1 amide bonds. The zero-order valence-electron chi connectivity index (χ0n) is 15.2. The van der Waals surface area contributed by atoms with E-state index in [2.05, 4.69) is 10.1 Å². The van der Waals surface area contributed by atoms with E-state index in [1.54, 1.807) is 30.1 Å². The van der Waals surface area contributed by atoms with Crippen LogP contribution in [0.25, 0.3) is 11.1 Å². The van der Waals surface area contributed by atoms with Gasteiger partial charge in [-0.3, -0.25) is 4.68 Å². The predicted octanol–water partition coefficient (Wildman–Crippen LogP) is 2.32. The summed E-state index contributed by atoms with van der Waals surface area (Å²) in [5.41, 5.74) is 15.4. The minimum Gasteiger partial charge on any atom is -0.494 e. The lowest BCUT2D eigenvalue weighted by molar-refractivity contribution is 0.209. The van der Waals surface area contributed by atoms with Crippen molar-refractivity contribution < 1.29 is 14.3 Å². The number of benzene rings is 1. The number of rotatable bonds is 6. The van der Waals surface area contributed by atoms with Crippen LogP contribution in [0.15, 0.2) is 42.7 Å². The zero-order chi connectivity index (χ0) is 19.4. The Morgan fingerprint density at radius 3 is 2.74 bits per heavy atom. The van der Waals surface area contributed by atoms with Gasteiger partial charge in [-0.25, -0.2) is 9.78 Å². The van der Waals surface area contributed by atoms with E-state index in [1.807, 2.05) is 31.4 Å². The number of hydrogen-bond acceptors (Lipinski definition) is 6. The number of carbonyl (C=O) groups is 1. The highest BCUT2D eigenvalue weighted by atomic mass is 16.6. The molecule has 0 atom stereocenters. The van der Waals surface area contributed by atoms with Crippen LogP contribution in [0.3, 0.4) is 0 Å². The first-order chi connectivity index (χ1) is 13.0. The van der Waals surface area contributed by atoms with Crippen LogP contribution in [0.5, 0.6) is 11.6 Å². The molecule has 8 nitrogen and oxygen atoms in total. The number of nitrogen functional groups attached to an aromatic ring is 1. The maximum absolute atomic E-state index is 10.9. The van der Waals surface area contributed by atoms with E-state index < -0.39 is 6.09 Å². The average molecular weight is 367 g/mol.